The Morgan fingerprint density at radius 3 is 2.29 bits per heavy atom. The van der Waals surface area contributed by atoms with Crippen molar-refractivity contribution in [1.82, 2.24) is 5.32 Å². The maximum Gasteiger partial charge on any atom is 0.305 e. The Hall–Kier alpha value is -0.570. The summed E-state index contributed by atoms with van der Waals surface area (Å²) in [5, 5.41) is 3.03. The fourth-order valence-corrected chi connectivity index (χ4v) is 1.73. The van der Waals surface area contributed by atoms with Gasteiger partial charge in [0.15, 0.2) is 0 Å². The van der Waals surface area contributed by atoms with Gasteiger partial charge < -0.3 is 10.1 Å². The number of carbonyl (C=O) groups excluding carboxylic acids is 1. The minimum atomic E-state index is -0.0327. The van der Waals surface area contributed by atoms with Crippen LogP contribution in [0.4, 0.5) is 0 Å². The number of carbonyl (C=O) groups is 1. The van der Waals surface area contributed by atoms with Gasteiger partial charge in [-0.3, -0.25) is 4.79 Å². The summed E-state index contributed by atoms with van der Waals surface area (Å²) in [6.07, 6.45) is 10.2. The summed E-state index contributed by atoms with van der Waals surface area (Å²) in [5.41, 5.74) is 0. The van der Waals surface area contributed by atoms with Crippen LogP contribution in [0.25, 0.3) is 0 Å². The summed E-state index contributed by atoms with van der Waals surface area (Å²) in [5.74, 6) is -0.0327. The SMILES string of the molecule is CCCCCCCCCC(=O)OCCCNC. The second-order valence-corrected chi connectivity index (χ2v) is 4.55. The van der Waals surface area contributed by atoms with Crippen LogP contribution < -0.4 is 5.32 Å². The van der Waals surface area contributed by atoms with Crippen molar-refractivity contribution >= 4 is 5.97 Å². The summed E-state index contributed by atoms with van der Waals surface area (Å²) in [4.78, 5) is 11.3. The van der Waals surface area contributed by atoms with Crippen molar-refractivity contribution in [2.24, 2.45) is 0 Å². The highest BCUT2D eigenvalue weighted by atomic mass is 16.5. The number of hydrogen-bond donors (Lipinski definition) is 1. The highest BCUT2D eigenvalue weighted by Gasteiger charge is 2.01. The zero-order valence-corrected chi connectivity index (χ0v) is 11.6. The van der Waals surface area contributed by atoms with Crippen LogP contribution in [0.1, 0.15) is 64.7 Å². The second-order valence-electron chi connectivity index (χ2n) is 4.55. The van der Waals surface area contributed by atoms with Crippen LogP contribution >= 0.6 is 0 Å². The lowest BCUT2D eigenvalue weighted by molar-refractivity contribution is -0.143. The average molecular weight is 243 g/mol. The van der Waals surface area contributed by atoms with Gasteiger partial charge in [-0.25, -0.2) is 0 Å². The minimum Gasteiger partial charge on any atom is -0.466 e. The third kappa shape index (κ3) is 13.4. The van der Waals surface area contributed by atoms with Gasteiger partial charge in [-0.1, -0.05) is 45.4 Å². The molecule has 102 valence electrons. The van der Waals surface area contributed by atoms with Gasteiger partial charge in [0.1, 0.15) is 0 Å². The fraction of sp³-hybridized carbons (Fsp3) is 0.929. The van der Waals surface area contributed by atoms with Crippen LogP contribution in [0.2, 0.25) is 0 Å². The van der Waals surface area contributed by atoms with Crippen LogP contribution in [-0.4, -0.2) is 26.2 Å². The van der Waals surface area contributed by atoms with E-state index in [4.69, 9.17) is 4.74 Å². The molecule has 0 saturated carbocycles. The molecule has 0 atom stereocenters. The van der Waals surface area contributed by atoms with Crippen LogP contribution in [0.15, 0.2) is 0 Å². The average Bonchev–Trinajstić information content (AvgIpc) is 2.33. The zero-order chi connectivity index (χ0) is 12.8. The van der Waals surface area contributed by atoms with Crippen molar-refractivity contribution < 1.29 is 9.53 Å². The second kappa shape index (κ2) is 13.5. The van der Waals surface area contributed by atoms with Crippen molar-refractivity contribution in [3.8, 4) is 0 Å². The van der Waals surface area contributed by atoms with Crippen molar-refractivity contribution in [3.05, 3.63) is 0 Å². The summed E-state index contributed by atoms with van der Waals surface area (Å²) in [6.45, 7) is 3.69. The van der Waals surface area contributed by atoms with Gasteiger partial charge in [-0.2, -0.15) is 0 Å². The molecule has 0 rings (SSSR count). The topological polar surface area (TPSA) is 38.3 Å². The first-order valence-electron chi connectivity index (χ1n) is 7.11. The van der Waals surface area contributed by atoms with Gasteiger partial charge in [-0.05, 0) is 26.4 Å². The van der Waals surface area contributed by atoms with Crippen molar-refractivity contribution in [2.45, 2.75) is 64.7 Å². The maximum absolute atomic E-state index is 11.3. The molecule has 0 saturated heterocycles. The number of rotatable bonds is 12. The molecule has 0 radical (unpaired) electrons. The van der Waals surface area contributed by atoms with Crippen molar-refractivity contribution in [3.63, 3.8) is 0 Å². The smallest absolute Gasteiger partial charge is 0.305 e. The Morgan fingerprint density at radius 1 is 1.00 bits per heavy atom. The largest absolute Gasteiger partial charge is 0.466 e. The third-order valence-corrected chi connectivity index (χ3v) is 2.82. The van der Waals surface area contributed by atoms with Gasteiger partial charge in [-0.15, -0.1) is 0 Å². The fourth-order valence-electron chi connectivity index (χ4n) is 1.73. The molecule has 0 spiro atoms. The van der Waals surface area contributed by atoms with E-state index in [0.29, 0.717) is 13.0 Å². The van der Waals surface area contributed by atoms with Gasteiger partial charge in [0, 0.05) is 6.42 Å². The molecule has 0 bridgehead atoms. The lowest BCUT2D eigenvalue weighted by Gasteiger charge is -2.04. The Bertz CT molecular complexity index is 172. The van der Waals surface area contributed by atoms with E-state index in [2.05, 4.69) is 12.2 Å². The molecule has 3 nitrogen and oxygen atoms in total. The van der Waals surface area contributed by atoms with Gasteiger partial charge in [0.2, 0.25) is 0 Å². The van der Waals surface area contributed by atoms with Gasteiger partial charge in [0.05, 0.1) is 6.61 Å². The molecule has 0 aliphatic carbocycles. The summed E-state index contributed by atoms with van der Waals surface area (Å²) in [7, 11) is 1.90. The molecule has 0 fully saturated rings. The van der Waals surface area contributed by atoms with E-state index in [-0.39, 0.29) is 5.97 Å². The Kier molecular flexibility index (Phi) is 13.0. The van der Waals surface area contributed by atoms with Crippen LogP contribution in [-0.2, 0) is 9.53 Å². The lowest BCUT2D eigenvalue weighted by Crippen LogP contribution is -2.12. The monoisotopic (exact) mass is 243 g/mol. The number of ether oxygens (including phenoxy) is 1. The molecule has 0 aromatic rings. The number of esters is 1. The highest BCUT2D eigenvalue weighted by molar-refractivity contribution is 5.69. The normalized spacial score (nSPS) is 10.5. The molecule has 0 aliphatic heterocycles. The molecule has 0 heterocycles. The molecule has 0 aliphatic rings. The van der Waals surface area contributed by atoms with E-state index in [1.54, 1.807) is 0 Å². The molecule has 0 unspecified atom stereocenters. The molecular formula is C14H29NO2. The standard InChI is InChI=1S/C14H29NO2/c1-3-4-5-6-7-8-9-11-14(16)17-13-10-12-15-2/h15H,3-13H2,1-2H3. The number of unbranched alkanes of at least 4 members (excludes halogenated alkanes) is 6. The molecule has 0 aromatic carbocycles. The third-order valence-electron chi connectivity index (χ3n) is 2.82. The first-order chi connectivity index (χ1) is 8.31. The van der Waals surface area contributed by atoms with E-state index < -0.39 is 0 Å². The zero-order valence-electron chi connectivity index (χ0n) is 11.6. The minimum absolute atomic E-state index is 0.0327. The predicted molar refractivity (Wildman–Crippen MR) is 72.1 cm³/mol. The van der Waals surface area contributed by atoms with Crippen LogP contribution in [0.3, 0.4) is 0 Å². The quantitative estimate of drug-likeness (QED) is 0.422. The van der Waals surface area contributed by atoms with E-state index in [1.807, 2.05) is 7.05 Å². The van der Waals surface area contributed by atoms with Gasteiger partial charge in [0.25, 0.3) is 0 Å². The molecule has 3 heteroatoms. The van der Waals surface area contributed by atoms with Crippen LogP contribution in [0, 0.1) is 0 Å². The van der Waals surface area contributed by atoms with E-state index in [9.17, 15) is 4.79 Å². The van der Waals surface area contributed by atoms with E-state index in [1.165, 1.54) is 32.1 Å². The molecule has 1 N–H and O–H groups in total. The first kappa shape index (κ1) is 16.4. The Labute approximate surface area is 106 Å². The number of hydrogen-bond acceptors (Lipinski definition) is 3. The molecule has 0 aromatic heterocycles. The van der Waals surface area contributed by atoms with Gasteiger partial charge >= 0.3 is 5.97 Å². The molecule has 0 amide bonds. The first-order valence-corrected chi connectivity index (χ1v) is 7.11. The molecule has 17 heavy (non-hydrogen) atoms. The van der Waals surface area contributed by atoms with Crippen molar-refractivity contribution in [2.75, 3.05) is 20.2 Å². The maximum atomic E-state index is 11.3. The summed E-state index contributed by atoms with van der Waals surface area (Å²) < 4.78 is 5.11. The summed E-state index contributed by atoms with van der Waals surface area (Å²) in [6, 6.07) is 0. The van der Waals surface area contributed by atoms with E-state index in [0.717, 1.165) is 25.8 Å². The highest BCUT2D eigenvalue weighted by Crippen LogP contribution is 2.08. The Morgan fingerprint density at radius 2 is 1.65 bits per heavy atom. The number of nitrogens with one attached hydrogen (secondary N) is 1. The van der Waals surface area contributed by atoms with Crippen LogP contribution in [0.5, 0.6) is 0 Å². The summed E-state index contributed by atoms with van der Waals surface area (Å²) >= 11 is 0. The Balaban J connectivity index is 3.11. The molecular weight excluding hydrogens is 214 g/mol. The predicted octanol–water partition coefficient (Wildman–Crippen LogP) is 3.28. The lowest BCUT2D eigenvalue weighted by atomic mass is 10.1. The van der Waals surface area contributed by atoms with Crippen molar-refractivity contribution in [1.29, 1.82) is 0 Å². The van der Waals surface area contributed by atoms with E-state index >= 15 is 0 Å².